The molecule has 6 heteroatoms. The Morgan fingerprint density at radius 3 is 0.899 bits per heavy atom. The molecule has 0 aliphatic rings. The first-order valence-corrected chi connectivity index (χ1v) is 28.4. The van der Waals surface area contributed by atoms with E-state index in [0.29, 0.717) is 19.3 Å². The molecule has 1 atom stereocenters. The maximum Gasteiger partial charge on any atom is 0.306 e. The van der Waals surface area contributed by atoms with Crippen LogP contribution >= 0.6 is 0 Å². The molecule has 0 bridgehead atoms. The summed E-state index contributed by atoms with van der Waals surface area (Å²) in [4.78, 5) is 37.9. The molecule has 69 heavy (non-hydrogen) atoms. The zero-order valence-electron chi connectivity index (χ0n) is 44.8. The summed E-state index contributed by atoms with van der Waals surface area (Å²) in [6.07, 6.45) is 76.8. The molecule has 0 aromatic rings. The van der Waals surface area contributed by atoms with Crippen LogP contribution < -0.4 is 0 Å². The van der Waals surface area contributed by atoms with Crippen molar-refractivity contribution in [2.45, 2.75) is 258 Å². The molecule has 0 N–H and O–H groups in total. The van der Waals surface area contributed by atoms with Crippen LogP contribution in [0.25, 0.3) is 0 Å². The molecule has 0 rings (SSSR count). The van der Waals surface area contributed by atoms with Crippen molar-refractivity contribution in [2.75, 3.05) is 13.2 Å². The van der Waals surface area contributed by atoms with Crippen LogP contribution in [0, 0.1) is 0 Å². The highest BCUT2D eigenvalue weighted by Gasteiger charge is 2.19. The molecule has 0 spiro atoms. The number of esters is 3. The number of carbonyl (C=O) groups excluding carboxylic acids is 3. The fourth-order valence-electron chi connectivity index (χ4n) is 7.51. The third kappa shape index (κ3) is 54.9. The van der Waals surface area contributed by atoms with E-state index in [1.54, 1.807) is 0 Å². The van der Waals surface area contributed by atoms with Gasteiger partial charge in [0, 0.05) is 19.3 Å². The van der Waals surface area contributed by atoms with Crippen molar-refractivity contribution in [1.29, 1.82) is 0 Å². The highest BCUT2D eigenvalue weighted by molar-refractivity contribution is 5.71. The van der Waals surface area contributed by atoms with Crippen molar-refractivity contribution < 1.29 is 28.6 Å². The first kappa shape index (κ1) is 65.1. The summed E-state index contributed by atoms with van der Waals surface area (Å²) in [6.45, 7) is 6.42. The quantitative estimate of drug-likeness (QED) is 0.0262. The molecule has 0 radical (unpaired) electrons. The molecule has 6 nitrogen and oxygen atoms in total. The summed E-state index contributed by atoms with van der Waals surface area (Å²) in [6, 6.07) is 0. The summed E-state index contributed by atoms with van der Waals surface area (Å²) < 4.78 is 16.7. The van der Waals surface area contributed by atoms with E-state index in [2.05, 4.69) is 130 Å². The lowest BCUT2D eigenvalue weighted by Crippen LogP contribution is -2.30. The van der Waals surface area contributed by atoms with E-state index in [1.807, 2.05) is 0 Å². The second-order valence-corrected chi connectivity index (χ2v) is 18.5. The second-order valence-electron chi connectivity index (χ2n) is 18.5. The molecule has 0 heterocycles. The first-order valence-electron chi connectivity index (χ1n) is 28.4. The summed E-state index contributed by atoms with van der Waals surface area (Å²) in [7, 11) is 0. The van der Waals surface area contributed by atoms with Gasteiger partial charge in [-0.05, 0) is 109 Å². The number of rotatable bonds is 50. The van der Waals surface area contributed by atoms with E-state index in [1.165, 1.54) is 77.0 Å². The number of unbranched alkanes of at least 4 members (excludes halogenated alkanes) is 21. The van der Waals surface area contributed by atoms with Crippen molar-refractivity contribution >= 4 is 17.9 Å². The lowest BCUT2D eigenvalue weighted by atomic mass is 10.1. The molecule has 0 amide bonds. The lowest BCUT2D eigenvalue weighted by Gasteiger charge is -2.18. The predicted octanol–water partition coefficient (Wildman–Crippen LogP) is 19.1. The summed E-state index contributed by atoms with van der Waals surface area (Å²) in [5.41, 5.74) is 0. The van der Waals surface area contributed by atoms with Crippen LogP contribution in [0.15, 0.2) is 109 Å². The first-order chi connectivity index (χ1) is 34.0. The number of carbonyl (C=O) groups is 3. The Morgan fingerprint density at radius 2 is 0.565 bits per heavy atom. The van der Waals surface area contributed by atoms with Crippen LogP contribution in [0.3, 0.4) is 0 Å². The van der Waals surface area contributed by atoms with Crippen LogP contribution in [0.2, 0.25) is 0 Å². The third-order valence-corrected chi connectivity index (χ3v) is 11.8. The maximum atomic E-state index is 12.8. The molecular formula is C63H104O6. The predicted molar refractivity (Wildman–Crippen MR) is 297 cm³/mol. The standard InChI is InChI=1S/C63H104O6/c1-4-7-10-13-16-18-20-22-24-26-28-29-30-31-32-33-34-35-36-38-39-41-43-45-47-50-53-56-62(65)68-59-60(58-67-61(64)55-52-49-15-12-9-6-3)69-63(66)57-54-51-48-46-44-42-40-37-27-25-23-21-19-17-14-11-8-5-2/h7,10,16,18-19,21-22,24-25,27-29,31-32,34-35,38-39,60H,4-6,8-9,11-15,17,20,23,26,30,33,36-37,40-59H2,1-3H3/b10-7-,18-16-,21-19-,24-22-,27-25-,29-28-,32-31-,35-34-,39-38-. The number of ether oxygens (including phenoxy) is 3. The largest absolute Gasteiger partial charge is 0.462 e. The van der Waals surface area contributed by atoms with Gasteiger partial charge in [0.2, 0.25) is 0 Å². The highest BCUT2D eigenvalue weighted by Crippen LogP contribution is 2.14. The van der Waals surface area contributed by atoms with Gasteiger partial charge in [0.25, 0.3) is 0 Å². The maximum absolute atomic E-state index is 12.8. The van der Waals surface area contributed by atoms with Gasteiger partial charge in [0.15, 0.2) is 6.10 Å². The van der Waals surface area contributed by atoms with Gasteiger partial charge < -0.3 is 14.2 Å². The molecule has 0 aromatic carbocycles. The number of allylic oxidation sites excluding steroid dienone is 18. The van der Waals surface area contributed by atoms with Gasteiger partial charge in [-0.15, -0.1) is 0 Å². The van der Waals surface area contributed by atoms with E-state index in [-0.39, 0.29) is 31.1 Å². The summed E-state index contributed by atoms with van der Waals surface area (Å²) >= 11 is 0. The zero-order chi connectivity index (χ0) is 50.0. The Hall–Kier alpha value is -3.93. The van der Waals surface area contributed by atoms with Crippen molar-refractivity contribution in [2.24, 2.45) is 0 Å². The fraction of sp³-hybridized carbons (Fsp3) is 0.667. The van der Waals surface area contributed by atoms with Crippen molar-refractivity contribution in [3.63, 3.8) is 0 Å². The Kier molecular flexibility index (Phi) is 53.4. The Balaban J connectivity index is 4.23. The minimum atomic E-state index is -0.789. The third-order valence-electron chi connectivity index (χ3n) is 11.8. The van der Waals surface area contributed by atoms with Crippen molar-refractivity contribution in [3.05, 3.63) is 109 Å². The SMILES string of the molecule is CC/C=C\C/C=C\C/C=C\C/C=C\C/C=C\C/C=C\C/C=C\CCCCCCCC(=O)OCC(COC(=O)CCCCCCCC)OC(=O)CCCCCCCCC/C=C\C/C=C\CCCCCC. The van der Waals surface area contributed by atoms with Gasteiger partial charge in [0.05, 0.1) is 0 Å². The molecule has 0 saturated heterocycles. The van der Waals surface area contributed by atoms with E-state index in [9.17, 15) is 14.4 Å². The van der Waals surface area contributed by atoms with Gasteiger partial charge in [-0.2, -0.15) is 0 Å². The van der Waals surface area contributed by atoms with Crippen LogP contribution in [0.5, 0.6) is 0 Å². The van der Waals surface area contributed by atoms with Gasteiger partial charge in [-0.3, -0.25) is 14.4 Å². The van der Waals surface area contributed by atoms with E-state index in [0.717, 1.165) is 135 Å². The molecule has 0 fully saturated rings. The molecule has 0 saturated carbocycles. The molecule has 0 aromatic heterocycles. The topological polar surface area (TPSA) is 78.9 Å². The van der Waals surface area contributed by atoms with Crippen LogP contribution in [0.4, 0.5) is 0 Å². The molecular weight excluding hydrogens is 853 g/mol. The molecule has 1 unspecified atom stereocenters. The van der Waals surface area contributed by atoms with Gasteiger partial charge in [-0.1, -0.05) is 233 Å². The Labute approximate surface area is 425 Å². The Bertz CT molecular complexity index is 1420. The average Bonchev–Trinajstić information content (AvgIpc) is 3.35. The van der Waals surface area contributed by atoms with Gasteiger partial charge in [0.1, 0.15) is 13.2 Å². The van der Waals surface area contributed by atoms with Crippen LogP contribution in [-0.4, -0.2) is 37.2 Å². The van der Waals surface area contributed by atoms with Crippen molar-refractivity contribution in [3.8, 4) is 0 Å². The molecule has 392 valence electrons. The smallest absolute Gasteiger partial charge is 0.306 e. The van der Waals surface area contributed by atoms with Gasteiger partial charge in [-0.25, -0.2) is 0 Å². The van der Waals surface area contributed by atoms with E-state index >= 15 is 0 Å². The summed E-state index contributed by atoms with van der Waals surface area (Å²) in [5, 5.41) is 0. The fourth-order valence-corrected chi connectivity index (χ4v) is 7.51. The summed E-state index contributed by atoms with van der Waals surface area (Å²) in [5.74, 6) is -0.928. The lowest BCUT2D eigenvalue weighted by molar-refractivity contribution is -0.167. The van der Waals surface area contributed by atoms with E-state index in [4.69, 9.17) is 14.2 Å². The average molecular weight is 958 g/mol. The second kappa shape index (κ2) is 56.7. The highest BCUT2D eigenvalue weighted by atomic mass is 16.6. The minimum Gasteiger partial charge on any atom is -0.462 e. The monoisotopic (exact) mass is 957 g/mol. The molecule has 0 aliphatic carbocycles. The number of hydrogen-bond donors (Lipinski definition) is 0. The van der Waals surface area contributed by atoms with E-state index < -0.39 is 6.10 Å². The molecule has 0 aliphatic heterocycles. The van der Waals surface area contributed by atoms with Crippen LogP contribution in [-0.2, 0) is 28.6 Å². The minimum absolute atomic E-state index is 0.0888. The zero-order valence-corrected chi connectivity index (χ0v) is 44.8. The van der Waals surface area contributed by atoms with Gasteiger partial charge >= 0.3 is 17.9 Å². The Morgan fingerprint density at radius 1 is 0.304 bits per heavy atom. The van der Waals surface area contributed by atoms with Crippen molar-refractivity contribution in [1.82, 2.24) is 0 Å². The van der Waals surface area contributed by atoms with Crippen LogP contribution in [0.1, 0.15) is 252 Å². The number of hydrogen-bond acceptors (Lipinski definition) is 6. The normalized spacial score (nSPS) is 12.9.